The molecule has 1 aliphatic carbocycles. The number of para-hydroxylation sites is 1. The molecule has 1 aliphatic rings. The molecule has 1 heterocycles. The number of halogens is 3. The predicted octanol–water partition coefficient (Wildman–Crippen LogP) is 6.96. The lowest BCUT2D eigenvalue weighted by molar-refractivity contribution is 0.0728. The Morgan fingerprint density at radius 1 is 1.08 bits per heavy atom. The van der Waals surface area contributed by atoms with E-state index in [0.29, 0.717) is 34.0 Å². The molecule has 0 unspecified atom stereocenters. The fourth-order valence-electron chi connectivity index (χ4n) is 4.14. The van der Waals surface area contributed by atoms with Crippen LogP contribution in [0.1, 0.15) is 41.4 Å². The number of aromatic nitrogens is 2. The van der Waals surface area contributed by atoms with Crippen molar-refractivity contribution in [3.8, 4) is 17.3 Å². The highest BCUT2D eigenvalue weighted by Crippen LogP contribution is 2.37. The molecule has 1 fully saturated rings. The zero-order valence-electron chi connectivity index (χ0n) is 19.6. The number of nitrogens with zero attached hydrogens (tertiary/aromatic N) is 3. The molecule has 0 N–H and O–H groups in total. The average Bonchev–Trinajstić information content (AvgIpc) is 3.67. The van der Waals surface area contributed by atoms with Crippen LogP contribution in [0.15, 0.2) is 72.8 Å². The largest absolute Gasteiger partial charge is 0.435 e. The summed E-state index contributed by atoms with van der Waals surface area (Å²) in [5.74, 6) is -1.56. The summed E-state index contributed by atoms with van der Waals surface area (Å²) < 4.78 is 35.8. The zero-order valence-corrected chi connectivity index (χ0v) is 20.4. The fourth-order valence-corrected chi connectivity index (χ4v) is 4.36. The van der Waals surface area contributed by atoms with Gasteiger partial charge in [-0.05, 0) is 55.7 Å². The molecule has 5 nitrogen and oxygen atoms in total. The molecule has 5 rings (SSSR count). The molecule has 8 heteroatoms. The van der Waals surface area contributed by atoms with Gasteiger partial charge in [-0.25, -0.2) is 13.5 Å². The van der Waals surface area contributed by atoms with Crippen LogP contribution in [0, 0.1) is 11.6 Å². The van der Waals surface area contributed by atoms with Gasteiger partial charge in [0, 0.05) is 12.1 Å². The summed E-state index contributed by atoms with van der Waals surface area (Å²) in [6.07, 6.45) is 2.33. The van der Waals surface area contributed by atoms with E-state index in [0.717, 1.165) is 25.0 Å². The first-order valence-electron chi connectivity index (χ1n) is 11.8. The third-order valence-electron chi connectivity index (χ3n) is 6.14. The number of carbonyl (C=O) groups excluding carboxylic acids is 1. The van der Waals surface area contributed by atoms with Crippen molar-refractivity contribution in [1.29, 1.82) is 0 Å². The molecule has 0 spiro atoms. The van der Waals surface area contributed by atoms with E-state index in [1.807, 2.05) is 37.3 Å². The number of carbonyl (C=O) groups is 1. The molecule has 0 radical (unpaired) electrons. The van der Waals surface area contributed by atoms with Crippen LogP contribution in [0.5, 0.6) is 11.6 Å². The predicted molar refractivity (Wildman–Crippen MR) is 134 cm³/mol. The van der Waals surface area contributed by atoms with Crippen molar-refractivity contribution in [3.63, 3.8) is 0 Å². The van der Waals surface area contributed by atoms with E-state index in [-0.39, 0.29) is 30.1 Å². The Kier molecular flexibility index (Phi) is 6.74. The van der Waals surface area contributed by atoms with Crippen molar-refractivity contribution in [2.24, 2.45) is 0 Å². The number of rotatable bonds is 8. The highest BCUT2D eigenvalue weighted by Gasteiger charge is 2.36. The van der Waals surface area contributed by atoms with Crippen LogP contribution in [0.3, 0.4) is 0 Å². The van der Waals surface area contributed by atoms with Crippen molar-refractivity contribution in [2.75, 3.05) is 0 Å². The number of ether oxygens (including phenoxy) is 1. The second-order valence-corrected chi connectivity index (χ2v) is 9.06. The normalized spacial score (nSPS) is 13.0. The summed E-state index contributed by atoms with van der Waals surface area (Å²) in [7, 11) is 0. The Morgan fingerprint density at radius 3 is 2.47 bits per heavy atom. The molecule has 36 heavy (non-hydrogen) atoms. The number of amides is 1. The van der Waals surface area contributed by atoms with E-state index in [2.05, 4.69) is 0 Å². The van der Waals surface area contributed by atoms with E-state index >= 15 is 0 Å². The van der Waals surface area contributed by atoms with Crippen LogP contribution in [0.25, 0.3) is 5.69 Å². The molecule has 0 aliphatic heterocycles. The minimum atomic E-state index is -0.828. The van der Waals surface area contributed by atoms with Crippen molar-refractivity contribution in [2.45, 2.75) is 38.8 Å². The van der Waals surface area contributed by atoms with Crippen LogP contribution in [-0.2, 0) is 13.0 Å². The maximum atomic E-state index is 14.6. The number of hydrogen-bond donors (Lipinski definition) is 0. The van der Waals surface area contributed by atoms with Gasteiger partial charge in [-0.15, -0.1) is 0 Å². The quantitative estimate of drug-likeness (QED) is 0.259. The van der Waals surface area contributed by atoms with Crippen molar-refractivity contribution >= 4 is 17.5 Å². The van der Waals surface area contributed by atoms with Gasteiger partial charge in [-0.2, -0.15) is 5.10 Å². The molecule has 3 aromatic carbocycles. The lowest BCUT2D eigenvalue weighted by Crippen LogP contribution is -2.33. The van der Waals surface area contributed by atoms with Crippen molar-refractivity contribution in [1.82, 2.24) is 14.7 Å². The SMILES string of the molecule is CCc1nn(-c2ccccc2)c(Oc2ccc(F)cc2F)c1CN(C(=O)c1ccccc1Cl)C1CC1. The zero-order chi connectivity index (χ0) is 25.2. The summed E-state index contributed by atoms with van der Waals surface area (Å²) in [6.45, 7) is 2.17. The molecule has 1 saturated carbocycles. The van der Waals surface area contributed by atoms with Gasteiger partial charge in [0.2, 0.25) is 5.88 Å². The second kappa shape index (κ2) is 10.1. The molecule has 0 atom stereocenters. The van der Waals surface area contributed by atoms with Gasteiger partial charge in [0.15, 0.2) is 11.6 Å². The van der Waals surface area contributed by atoms with Crippen molar-refractivity contribution < 1.29 is 18.3 Å². The van der Waals surface area contributed by atoms with Crippen LogP contribution in [-0.4, -0.2) is 26.6 Å². The molecule has 1 amide bonds. The maximum absolute atomic E-state index is 14.6. The third-order valence-corrected chi connectivity index (χ3v) is 6.47. The summed E-state index contributed by atoms with van der Waals surface area (Å²) in [6, 6.07) is 19.5. The van der Waals surface area contributed by atoms with E-state index in [1.165, 1.54) is 6.07 Å². The number of benzene rings is 3. The standard InChI is InChI=1S/C28H24ClF2N3O2/c1-2-25-22(17-33(19-13-14-19)27(35)21-10-6-7-11-23(21)29)28(34(32-25)20-8-4-3-5-9-20)36-26-15-12-18(30)16-24(26)31/h3-12,15-16,19H,2,13-14,17H2,1H3. The Morgan fingerprint density at radius 2 is 1.81 bits per heavy atom. The molecule has 184 valence electrons. The van der Waals surface area contributed by atoms with Gasteiger partial charge >= 0.3 is 0 Å². The Balaban J connectivity index is 1.60. The molecule has 0 bridgehead atoms. The van der Waals surface area contributed by atoms with Crippen LogP contribution in [0.4, 0.5) is 8.78 Å². The lowest BCUT2D eigenvalue weighted by Gasteiger charge is -2.24. The van der Waals surface area contributed by atoms with E-state index in [1.54, 1.807) is 33.8 Å². The summed E-state index contributed by atoms with van der Waals surface area (Å²) in [5, 5.41) is 5.14. The molecule has 1 aromatic heterocycles. The highest BCUT2D eigenvalue weighted by molar-refractivity contribution is 6.33. The topological polar surface area (TPSA) is 47.4 Å². The van der Waals surface area contributed by atoms with Gasteiger partial charge in [0.25, 0.3) is 5.91 Å². The smallest absolute Gasteiger partial charge is 0.255 e. The number of aryl methyl sites for hydroxylation is 1. The summed E-state index contributed by atoms with van der Waals surface area (Å²) >= 11 is 6.34. The minimum absolute atomic E-state index is 0.0639. The average molecular weight is 508 g/mol. The van der Waals surface area contributed by atoms with Crippen LogP contribution in [0.2, 0.25) is 5.02 Å². The number of hydrogen-bond acceptors (Lipinski definition) is 3. The van der Waals surface area contributed by atoms with Crippen molar-refractivity contribution in [3.05, 3.63) is 106 Å². The van der Waals surface area contributed by atoms with E-state index in [9.17, 15) is 13.6 Å². The summed E-state index contributed by atoms with van der Waals surface area (Å²) in [4.78, 5) is 15.3. The molecular weight excluding hydrogens is 484 g/mol. The highest BCUT2D eigenvalue weighted by atomic mass is 35.5. The fraction of sp³-hybridized carbons (Fsp3) is 0.214. The Bertz CT molecular complexity index is 1400. The monoisotopic (exact) mass is 507 g/mol. The molecular formula is C28H24ClF2N3O2. The minimum Gasteiger partial charge on any atom is -0.435 e. The van der Waals surface area contributed by atoms with Gasteiger partial charge in [0.1, 0.15) is 5.82 Å². The van der Waals surface area contributed by atoms with Gasteiger partial charge in [-0.1, -0.05) is 48.9 Å². The third kappa shape index (κ3) is 4.84. The van der Waals surface area contributed by atoms with Gasteiger partial charge in [-0.3, -0.25) is 4.79 Å². The van der Waals surface area contributed by atoms with Crippen LogP contribution < -0.4 is 4.74 Å². The summed E-state index contributed by atoms with van der Waals surface area (Å²) in [5.41, 5.74) is 2.52. The van der Waals surface area contributed by atoms with E-state index in [4.69, 9.17) is 21.4 Å². The first kappa shape index (κ1) is 24.0. The lowest BCUT2D eigenvalue weighted by atomic mass is 10.1. The second-order valence-electron chi connectivity index (χ2n) is 8.65. The van der Waals surface area contributed by atoms with Crippen LogP contribution >= 0.6 is 11.6 Å². The Hall–Kier alpha value is -3.71. The molecule has 4 aromatic rings. The van der Waals surface area contributed by atoms with E-state index < -0.39 is 11.6 Å². The maximum Gasteiger partial charge on any atom is 0.255 e. The first-order chi connectivity index (χ1) is 17.5. The molecule has 0 saturated heterocycles. The Labute approximate surface area is 212 Å². The first-order valence-corrected chi connectivity index (χ1v) is 12.2. The van der Waals surface area contributed by atoms with Gasteiger partial charge in [0.05, 0.1) is 34.1 Å². The van der Waals surface area contributed by atoms with Gasteiger partial charge < -0.3 is 9.64 Å².